The molecule has 105 heavy (non-hydrogen) atoms. The summed E-state index contributed by atoms with van der Waals surface area (Å²) in [6.45, 7) is 7.35. The highest BCUT2D eigenvalue weighted by Gasteiger charge is 2.30. The zero-order valence-corrected chi connectivity index (χ0v) is 70.7. The highest BCUT2D eigenvalue weighted by Crippen LogP contribution is 2.45. The van der Waals surface area contributed by atoms with E-state index in [1.54, 1.807) is 0 Å². The lowest BCUT2D eigenvalue weighted by Crippen LogP contribution is -2.30. The second kappa shape index (κ2) is 78.7. The summed E-state index contributed by atoms with van der Waals surface area (Å²) in [5, 5.41) is 10.7. The lowest BCUT2D eigenvalue weighted by Gasteiger charge is -2.21. The van der Waals surface area contributed by atoms with Crippen LogP contribution in [0.2, 0.25) is 0 Å². The van der Waals surface area contributed by atoms with Gasteiger partial charge in [-0.2, -0.15) is 0 Å². The van der Waals surface area contributed by atoms with Crippen molar-refractivity contribution in [2.75, 3.05) is 39.6 Å². The molecule has 3 N–H and O–H groups in total. The summed E-state index contributed by atoms with van der Waals surface area (Å²) in [5.41, 5.74) is 0. The standard InChI is InChI=1S/C86H168O17P2/c1-6-9-12-15-18-21-24-27-30-33-35-37-40-43-46-51-57-62-67-72-85(90)102-81(75-96-83(88)69-64-59-54-49-44-41-39-36-34-31-28-25-22-19-16-13-10-7-2)77-100-104(92,93)98-73-80(87)74-99-105(94,95)101-78-82(76-97-84(89)70-65-60-55-52-47-48-53-58-63-68-79(4)5)103-86(91)71-66-61-56-50-45-42-38-32-29-26-23-20-17-14-11-8-3/h79-82,87H,6-78H2,1-5H3,(H,92,93)(H,94,95)/t80-,81-,82-/m1/s1. The van der Waals surface area contributed by atoms with Crippen LogP contribution in [0.1, 0.15) is 465 Å². The predicted octanol–water partition coefficient (Wildman–Crippen LogP) is 26.4. The number of carbonyl (C=O) groups excluding carboxylic acids is 4. The monoisotopic (exact) mass is 1540 g/mol. The van der Waals surface area contributed by atoms with Gasteiger partial charge in [0.1, 0.15) is 19.3 Å². The smallest absolute Gasteiger partial charge is 0.462 e. The van der Waals surface area contributed by atoms with Gasteiger partial charge in [0.25, 0.3) is 0 Å². The minimum Gasteiger partial charge on any atom is -0.462 e. The quantitative estimate of drug-likeness (QED) is 0.0222. The van der Waals surface area contributed by atoms with Crippen LogP contribution in [0.5, 0.6) is 0 Å². The Hall–Kier alpha value is -1.94. The molecule has 0 spiro atoms. The highest BCUT2D eigenvalue weighted by molar-refractivity contribution is 7.47. The fraction of sp³-hybridized carbons (Fsp3) is 0.953. The van der Waals surface area contributed by atoms with E-state index in [9.17, 15) is 43.2 Å². The van der Waals surface area contributed by atoms with Crippen LogP contribution in [0.4, 0.5) is 0 Å². The molecule has 0 rings (SSSR count). The summed E-state index contributed by atoms with van der Waals surface area (Å²) >= 11 is 0. The van der Waals surface area contributed by atoms with Crippen molar-refractivity contribution in [3.05, 3.63) is 0 Å². The molecule has 0 radical (unpaired) electrons. The van der Waals surface area contributed by atoms with Gasteiger partial charge in [0, 0.05) is 25.7 Å². The maximum absolute atomic E-state index is 13.1. The Bertz CT molecular complexity index is 2000. The zero-order valence-electron chi connectivity index (χ0n) is 68.9. The molecule has 0 aliphatic carbocycles. The Morgan fingerprint density at radius 1 is 0.257 bits per heavy atom. The molecule has 0 aromatic carbocycles. The lowest BCUT2D eigenvalue weighted by molar-refractivity contribution is -0.161. The van der Waals surface area contributed by atoms with Crippen molar-refractivity contribution in [3.8, 4) is 0 Å². The Morgan fingerprint density at radius 2 is 0.438 bits per heavy atom. The summed E-state index contributed by atoms with van der Waals surface area (Å²) in [7, 11) is -9.93. The van der Waals surface area contributed by atoms with Crippen molar-refractivity contribution >= 4 is 39.5 Å². The van der Waals surface area contributed by atoms with E-state index in [1.807, 2.05) is 0 Å². The van der Waals surface area contributed by atoms with E-state index in [4.69, 9.17) is 37.0 Å². The van der Waals surface area contributed by atoms with Crippen molar-refractivity contribution in [1.29, 1.82) is 0 Å². The van der Waals surface area contributed by atoms with Gasteiger partial charge >= 0.3 is 39.5 Å². The number of phosphoric ester groups is 2. The van der Waals surface area contributed by atoms with E-state index in [1.165, 1.54) is 289 Å². The third-order valence-electron chi connectivity index (χ3n) is 20.3. The van der Waals surface area contributed by atoms with Gasteiger partial charge in [-0.15, -0.1) is 0 Å². The molecule has 0 saturated carbocycles. The van der Waals surface area contributed by atoms with Crippen LogP contribution in [0.3, 0.4) is 0 Å². The first-order valence-corrected chi connectivity index (χ1v) is 47.6. The van der Waals surface area contributed by atoms with E-state index in [0.717, 1.165) is 95.8 Å². The van der Waals surface area contributed by atoms with Crippen molar-refractivity contribution < 1.29 is 80.2 Å². The highest BCUT2D eigenvalue weighted by atomic mass is 31.2. The number of aliphatic hydroxyl groups excluding tert-OH is 1. The Balaban J connectivity index is 5.25. The molecule has 0 aliphatic heterocycles. The second-order valence-corrected chi connectivity index (χ2v) is 34.3. The molecule has 17 nitrogen and oxygen atoms in total. The van der Waals surface area contributed by atoms with Crippen LogP contribution >= 0.6 is 15.6 Å². The van der Waals surface area contributed by atoms with Crippen LogP contribution in [0.15, 0.2) is 0 Å². The third-order valence-corrected chi connectivity index (χ3v) is 22.2. The molecule has 19 heteroatoms. The first-order valence-electron chi connectivity index (χ1n) is 44.6. The molecule has 0 heterocycles. The molecule has 5 atom stereocenters. The van der Waals surface area contributed by atoms with Gasteiger partial charge in [0.15, 0.2) is 12.2 Å². The van der Waals surface area contributed by atoms with Gasteiger partial charge in [-0.1, -0.05) is 413 Å². The number of phosphoric acid groups is 2. The summed E-state index contributed by atoms with van der Waals surface area (Å²) in [6, 6.07) is 0. The molecular weight excluding hydrogens is 1370 g/mol. The number of hydrogen-bond donors (Lipinski definition) is 3. The Morgan fingerprint density at radius 3 is 0.648 bits per heavy atom. The first-order chi connectivity index (χ1) is 51.0. The summed E-state index contributed by atoms with van der Waals surface area (Å²) in [6.07, 6.45) is 72.2. The van der Waals surface area contributed by atoms with Crippen LogP contribution in [-0.4, -0.2) is 96.7 Å². The molecule has 0 fully saturated rings. The fourth-order valence-corrected chi connectivity index (χ4v) is 15.1. The zero-order chi connectivity index (χ0) is 76.9. The number of hydrogen-bond acceptors (Lipinski definition) is 15. The fourth-order valence-electron chi connectivity index (χ4n) is 13.5. The summed E-state index contributed by atoms with van der Waals surface area (Å²) in [5.74, 6) is -1.35. The molecule has 2 unspecified atom stereocenters. The van der Waals surface area contributed by atoms with Gasteiger partial charge in [-0.05, 0) is 31.6 Å². The minimum absolute atomic E-state index is 0.108. The van der Waals surface area contributed by atoms with Crippen LogP contribution in [-0.2, 0) is 65.4 Å². The predicted molar refractivity (Wildman–Crippen MR) is 432 cm³/mol. The maximum atomic E-state index is 13.1. The molecule has 0 aliphatic rings. The number of esters is 4. The maximum Gasteiger partial charge on any atom is 0.472 e. The van der Waals surface area contributed by atoms with Gasteiger partial charge in [-0.25, -0.2) is 9.13 Å². The topological polar surface area (TPSA) is 237 Å². The largest absolute Gasteiger partial charge is 0.472 e. The van der Waals surface area contributed by atoms with Crippen molar-refractivity contribution in [1.82, 2.24) is 0 Å². The van der Waals surface area contributed by atoms with E-state index in [-0.39, 0.29) is 25.7 Å². The van der Waals surface area contributed by atoms with Gasteiger partial charge in [0.05, 0.1) is 26.4 Å². The number of carbonyl (C=O) groups is 4. The summed E-state index contributed by atoms with van der Waals surface area (Å²) < 4.78 is 68.9. The van der Waals surface area contributed by atoms with Crippen molar-refractivity contribution in [3.63, 3.8) is 0 Å². The number of aliphatic hydroxyl groups is 1. The van der Waals surface area contributed by atoms with Crippen molar-refractivity contribution in [2.45, 2.75) is 483 Å². The lowest BCUT2D eigenvalue weighted by atomic mass is 10.0. The number of rotatable bonds is 86. The Kier molecular flexibility index (Phi) is 77.3. The molecule has 0 aromatic rings. The van der Waals surface area contributed by atoms with Gasteiger partial charge in [-0.3, -0.25) is 37.3 Å². The van der Waals surface area contributed by atoms with E-state index in [2.05, 4.69) is 34.6 Å². The Labute approximate surface area is 645 Å². The van der Waals surface area contributed by atoms with Crippen molar-refractivity contribution in [2.24, 2.45) is 5.92 Å². The number of unbranched alkanes of at least 4 members (excludes halogenated alkanes) is 58. The molecule has 624 valence electrons. The van der Waals surface area contributed by atoms with Gasteiger partial charge < -0.3 is 33.8 Å². The van der Waals surface area contributed by atoms with Crippen LogP contribution in [0, 0.1) is 5.92 Å². The summed E-state index contributed by atoms with van der Waals surface area (Å²) in [4.78, 5) is 73.3. The van der Waals surface area contributed by atoms with E-state index < -0.39 is 97.5 Å². The molecular formula is C86H168O17P2. The molecule has 0 bridgehead atoms. The van der Waals surface area contributed by atoms with E-state index in [0.29, 0.717) is 25.7 Å². The SMILES string of the molecule is CCCCCCCCCCCCCCCCCCCCCC(=O)O[C@H](COC(=O)CCCCCCCCCCCCCCCCCCCC)COP(=O)(O)OC[C@@H](O)COP(=O)(O)OC[C@@H](COC(=O)CCCCCCCCCCCC(C)C)OC(=O)CCCCCCCCCCCCCCCCCC. The molecule has 0 amide bonds. The number of ether oxygens (including phenoxy) is 4. The average Bonchev–Trinajstić information content (AvgIpc) is 0.914. The third kappa shape index (κ3) is 79.9. The normalized spacial score (nSPS) is 13.8. The molecule has 0 aromatic heterocycles. The van der Waals surface area contributed by atoms with E-state index >= 15 is 0 Å². The van der Waals surface area contributed by atoms with Crippen LogP contribution < -0.4 is 0 Å². The minimum atomic E-state index is -4.97. The second-order valence-electron chi connectivity index (χ2n) is 31.4. The molecule has 0 saturated heterocycles. The average molecular weight is 1540 g/mol. The van der Waals surface area contributed by atoms with Gasteiger partial charge in [0.2, 0.25) is 0 Å². The first kappa shape index (κ1) is 103. The van der Waals surface area contributed by atoms with Crippen LogP contribution in [0.25, 0.3) is 0 Å².